The molecule has 1 amide bonds. The van der Waals surface area contributed by atoms with Crippen molar-refractivity contribution in [3.8, 4) is 0 Å². The third kappa shape index (κ3) is 3.13. The maximum Gasteiger partial charge on any atom is 0.284 e. The molecular formula is C11H11BrN2O3. The zero-order chi connectivity index (χ0) is 13.0. The molecule has 0 aliphatic carbocycles. The molecule has 90 valence electrons. The summed E-state index contributed by atoms with van der Waals surface area (Å²) < 4.78 is 0.352. The summed E-state index contributed by atoms with van der Waals surface area (Å²) >= 11 is 3.07. The van der Waals surface area contributed by atoms with Gasteiger partial charge < -0.3 is 4.90 Å². The first-order valence-electron chi connectivity index (χ1n) is 4.77. The van der Waals surface area contributed by atoms with Crippen molar-refractivity contribution in [2.75, 3.05) is 13.6 Å². The second-order valence-electron chi connectivity index (χ2n) is 3.40. The van der Waals surface area contributed by atoms with Gasteiger partial charge in [0.15, 0.2) is 0 Å². The van der Waals surface area contributed by atoms with Gasteiger partial charge in [-0.15, -0.1) is 6.58 Å². The van der Waals surface area contributed by atoms with Crippen LogP contribution in [0.4, 0.5) is 5.69 Å². The fourth-order valence-corrected chi connectivity index (χ4v) is 1.67. The molecule has 1 aromatic rings. The van der Waals surface area contributed by atoms with Crippen molar-refractivity contribution in [1.29, 1.82) is 0 Å². The van der Waals surface area contributed by atoms with E-state index in [1.807, 2.05) is 0 Å². The van der Waals surface area contributed by atoms with Gasteiger partial charge in [0.1, 0.15) is 0 Å². The Bertz CT molecular complexity index is 474. The molecule has 0 saturated heterocycles. The maximum atomic E-state index is 11.9. The minimum atomic E-state index is -0.533. The molecular weight excluding hydrogens is 288 g/mol. The first-order valence-corrected chi connectivity index (χ1v) is 5.57. The Balaban J connectivity index is 3.07. The van der Waals surface area contributed by atoms with Crippen molar-refractivity contribution < 1.29 is 9.72 Å². The summed E-state index contributed by atoms with van der Waals surface area (Å²) in [4.78, 5) is 23.5. The standard InChI is InChI=1S/C11H11BrN2O3/c1-3-6-13(2)11(15)8-4-5-9(12)10(7-8)14(16)17/h3-5,7H,1,6H2,2H3. The van der Waals surface area contributed by atoms with Crippen molar-refractivity contribution in [2.24, 2.45) is 0 Å². The average Bonchev–Trinajstić information content (AvgIpc) is 2.28. The lowest BCUT2D eigenvalue weighted by molar-refractivity contribution is -0.385. The number of halogens is 1. The van der Waals surface area contributed by atoms with Gasteiger partial charge in [-0.1, -0.05) is 6.08 Å². The lowest BCUT2D eigenvalue weighted by Gasteiger charge is -2.14. The molecule has 0 aromatic heterocycles. The van der Waals surface area contributed by atoms with Crippen molar-refractivity contribution in [2.45, 2.75) is 0 Å². The van der Waals surface area contributed by atoms with Crippen molar-refractivity contribution in [3.63, 3.8) is 0 Å². The van der Waals surface area contributed by atoms with Crippen LogP contribution >= 0.6 is 15.9 Å². The van der Waals surface area contributed by atoms with E-state index in [0.717, 1.165) is 0 Å². The molecule has 5 nitrogen and oxygen atoms in total. The third-order valence-electron chi connectivity index (χ3n) is 2.14. The lowest BCUT2D eigenvalue weighted by Crippen LogP contribution is -2.26. The van der Waals surface area contributed by atoms with E-state index in [0.29, 0.717) is 11.0 Å². The normalized spacial score (nSPS) is 9.76. The molecule has 0 bridgehead atoms. The van der Waals surface area contributed by atoms with Crippen LogP contribution in [-0.2, 0) is 0 Å². The summed E-state index contributed by atoms with van der Waals surface area (Å²) in [6.07, 6.45) is 1.59. The van der Waals surface area contributed by atoms with Crippen LogP contribution in [0.5, 0.6) is 0 Å². The molecule has 0 saturated carbocycles. The van der Waals surface area contributed by atoms with E-state index < -0.39 is 4.92 Å². The number of carbonyl (C=O) groups is 1. The molecule has 0 N–H and O–H groups in total. The maximum absolute atomic E-state index is 11.9. The number of likely N-dealkylation sites (N-methyl/N-ethyl adjacent to an activating group) is 1. The summed E-state index contributed by atoms with van der Waals surface area (Å²) in [5, 5.41) is 10.7. The quantitative estimate of drug-likeness (QED) is 0.488. The SMILES string of the molecule is C=CCN(C)C(=O)c1ccc(Br)c([N+](=O)[O-])c1. The summed E-state index contributed by atoms with van der Waals surface area (Å²) in [5.41, 5.74) is 0.159. The predicted molar refractivity (Wildman–Crippen MR) is 68.0 cm³/mol. The Morgan fingerprint density at radius 1 is 1.65 bits per heavy atom. The zero-order valence-corrected chi connectivity index (χ0v) is 10.8. The van der Waals surface area contributed by atoms with Gasteiger partial charge in [0.05, 0.1) is 9.40 Å². The molecule has 0 aliphatic heterocycles. The number of hydrogen-bond donors (Lipinski definition) is 0. The number of rotatable bonds is 4. The van der Waals surface area contributed by atoms with E-state index in [-0.39, 0.29) is 17.2 Å². The summed E-state index contributed by atoms with van der Waals surface area (Å²) in [6, 6.07) is 4.29. The Morgan fingerprint density at radius 2 is 2.29 bits per heavy atom. The van der Waals surface area contributed by atoms with Crippen LogP contribution in [0.25, 0.3) is 0 Å². The Morgan fingerprint density at radius 3 is 2.82 bits per heavy atom. The number of carbonyl (C=O) groups excluding carboxylic acids is 1. The second-order valence-corrected chi connectivity index (χ2v) is 4.25. The fourth-order valence-electron chi connectivity index (χ4n) is 1.28. The van der Waals surface area contributed by atoms with Gasteiger partial charge in [0, 0.05) is 25.2 Å². The second kappa shape index (κ2) is 5.58. The van der Waals surface area contributed by atoms with Crippen LogP contribution in [0.15, 0.2) is 35.3 Å². The fraction of sp³-hybridized carbons (Fsp3) is 0.182. The van der Waals surface area contributed by atoms with E-state index in [1.165, 1.54) is 17.0 Å². The third-order valence-corrected chi connectivity index (χ3v) is 2.81. The summed E-state index contributed by atoms with van der Waals surface area (Å²) in [6.45, 7) is 3.92. The van der Waals surface area contributed by atoms with E-state index >= 15 is 0 Å². The van der Waals surface area contributed by atoms with Gasteiger partial charge in [-0.3, -0.25) is 14.9 Å². The van der Waals surface area contributed by atoms with Crippen LogP contribution in [-0.4, -0.2) is 29.3 Å². The van der Waals surface area contributed by atoms with Crippen LogP contribution in [0, 0.1) is 10.1 Å². The van der Waals surface area contributed by atoms with Crippen LogP contribution < -0.4 is 0 Å². The number of hydrogen-bond acceptors (Lipinski definition) is 3. The molecule has 1 aromatic carbocycles. The van der Waals surface area contributed by atoms with E-state index in [4.69, 9.17) is 0 Å². The molecule has 6 heteroatoms. The lowest BCUT2D eigenvalue weighted by atomic mass is 10.2. The van der Waals surface area contributed by atoms with Gasteiger partial charge in [0.25, 0.3) is 11.6 Å². The average molecular weight is 299 g/mol. The number of nitro benzene ring substituents is 1. The Labute approximate surface area is 107 Å². The molecule has 0 aliphatic rings. The topological polar surface area (TPSA) is 63.5 Å². The van der Waals surface area contributed by atoms with E-state index in [1.54, 1.807) is 19.2 Å². The Kier molecular flexibility index (Phi) is 4.39. The minimum Gasteiger partial charge on any atom is -0.338 e. The molecule has 0 heterocycles. The van der Waals surface area contributed by atoms with Crippen molar-refractivity contribution in [3.05, 3.63) is 51.0 Å². The first kappa shape index (κ1) is 13.4. The zero-order valence-electron chi connectivity index (χ0n) is 9.22. The molecule has 1 rings (SSSR count). The monoisotopic (exact) mass is 298 g/mol. The molecule has 0 unspecified atom stereocenters. The van der Waals surface area contributed by atoms with Crippen LogP contribution in [0.1, 0.15) is 10.4 Å². The smallest absolute Gasteiger partial charge is 0.284 e. The molecule has 17 heavy (non-hydrogen) atoms. The highest BCUT2D eigenvalue weighted by Gasteiger charge is 2.17. The number of amides is 1. The Hall–Kier alpha value is -1.69. The molecule has 0 radical (unpaired) electrons. The number of nitrogens with zero attached hydrogens (tertiary/aromatic N) is 2. The number of benzene rings is 1. The van der Waals surface area contributed by atoms with Gasteiger partial charge in [-0.05, 0) is 28.1 Å². The van der Waals surface area contributed by atoms with Crippen molar-refractivity contribution in [1.82, 2.24) is 4.90 Å². The summed E-state index contributed by atoms with van der Waals surface area (Å²) in [7, 11) is 1.61. The minimum absolute atomic E-state index is 0.122. The van der Waals surface area contributed by atoms with Gasteiger partial charge >= 0.3 is 0 Å². The highest BCUT2D eigenvalue weighted by Crippen LogP contribution is 2.25. The largest absolute Gasteiger partial charge is 0.338 e. The molecule has 0 fully saturated rings. The highest BCUT2D eigenvalue weighted by molar-refractivity contribution is 9.10. The number of nitro groups is 1. The summed E-state index contributed by atoms with van der Waals surface area (Å²) in [5.74, 6) is -0.277. The first-order chi connectivity index (χ1) is 7.97. The predicted octanol–water partition coefficient (Wildman–Crippen LogP) is 2.62. The van der Waals surface area contributed by atoms with Gasteiger partial charge in [-0.2, -0.15) is 0 Å². The van der Waals surface area contributed by atoms with Crippen molar-refractivity contribution >= 4 is 27.5 Å². The van der Waals surface area contributed by atoms with Gasteiger partial charge in [-0.25, -0.2) is 0 Å². The van der Waals surface area contributed by atoms with E-state index in [2.05, 4.69) is 22.5 Å². The molecule has 0 spiro atoms. The molecule has 0 atom stereocenters. The van der Waals surface area contributed by atoms with Crippen LogP contribution in [0.2, 0.25) is 0 Å². The van der Waals surface area contributed by atoms with Crippen LogP contribution in [0.3, 0.4) is 0 Å². The van der Waals surface area contributed by atoms with Gasteiger partial charge in [0.2, 0.25) is 0 Å². The van der Waals surface area contributed by atoms with E-state index in [9.17, 15) is 14.9 Å². The highest BCUT2D eigenvalue weighted by atomic mass is 79.9.